The molecule has 1 aliphatic carbocycles. The van der Waals surface area contributed by atoms with E-state index >= 15 is 0 Å². The van der Waals surface area contributed by atoms with E-state index in [0.717, 1.165) is 42.5 Å². The molecule has 0 radical (unpaired) electrons. The number of nitrogens with zero attached hydrogens (tertiary/aromatic N) is 2. The Morgan fingerprint density at radius 3 is 2.68 bits per heavy atom. The molecule has 0 atom stereocenters. The van der Waals surface area contributed by atoms with Gasteiger partial charge in [0.05, 0.1) is 10.6 Å². The summed E-state index contributed by atoms with van der Waals surface area (Å²) >= 11 is 7.57. The minimum absolute atomic E-state index is 0.0575. The van der Waals surface area contributed by atoms with Crippen LogP contribution in [0.2, 0.25) is 5.02 Å². The number of amides is 1. The van der Waals surface area contributed by atoms with Crippen molar-refractivity contribution in [1.29, 1.82) is 5.26 Å². The van der Waals surface area contributed by atoms with Crippen LogP contribution in [0.25, 0.3) is 0 Å². The summed E-state index contributed by atoms with van der Waals surface area (Å²) in [5.41, 5.74) is 1.74. The van der Waals surface area contributed by atoms with Gasteiger partial charge in [0.15, 0.2) is 0 Å². The second kappa shape index (κ2) is 7.48. The zero-order valence-corrected chi connectivity index (χ0v) is 17.4. The topological polar surface area (TPSA) is 90.3 Å². The molecule has 1 aliphatic heterocycles. The molecular weight excluding hydrogens is 418 g/mol. The van der Waals surface area contributed by atoms with Crippen LogP contribution in [0.1, 0.15) is 45.6 Å². The van der Waals surface area contributed by atoms with Crippen LogP contribution < -0.4 is 5.32 Å². The van der Waals surface area contributed by atoms with Gasteiger partial charge in [0, 0.05) is 23.5 Å². The molecule has 0 unspecified atom stereocenters. The van der Waals surface area contributed by atoms with E-state index in [0.29, 0.717) is 23.7 Å². The molecule has 2 heterocycles. The fourth-order valence-corrected chi connectivity index (χ4v) is 6.95. The van der Waals surface area contributed by atoms with Gasteiger partial charge in [-0.1, -0.05) is 11.6 Å². The van der Waals surface area contributed by atoms with Crippen molar-refractivity contribution in [3.63, 3.8) is 0 Å². The zero-order chi connectivity index (χ0) is 19.9. The van der Waals surface area contributed by atoms with Crippen molar-refractivity contribution in [3.05, 3.63) is 44.8 Å². The van der Waals surface area contributed by atoms with Crippen molar-refractivity contribution in [1.82, 2.24) is 4.31 Å². The lowest BCUT2D eigenvalue weighted by Crippen LogP contribution is -2.28. The molecule has 28 heavy (non-hydrogen) atoms. The number of carbonyl (C=O) groups excluding carboxylic acids is 1. The fourth-order valence-electron chi connectivity index (χ4n) is 3.70. The summed E-state index contributed by atoms with van der Waals surface area (Å²) in [5, 5.41) is 12.9. The number of halogens is 1. The SMILES string of the molecule is N#Cc1c(NC(=O)c2ccc(Cl)c(S(=O)(=O)N3CCCC3)c2)sc2c1CCC2. The van der Waals surface area contributed by atoms with Crippen LogP contribution in [0.5, 0.6) is 0 Å². The maximum atomic E-state index is 12.9. The molecule has 1 aromatic heterocycles. The number of nitriles is 1. The van der Waals surface area contributed by atoms with Crippen molar-refractivity contribution in [2.45, 2.75) is 37.0 Å². The smallest absolute Gasteiger partial charge is 0.256 e. The Kier molecular flexibility index (Phi) is 5.19. The molecule has 1 amide bonds. The molecule has 2 aromatic rings. The highest BCUT2D eigenvalue weighted by Crippen LogP contribution is 2.39. The number of thiophene rings is 1. The Morgan fingerprint density at radius 1 is 1.21 bits per heavy atom. The van der Waals surface area contributed by atoms with Gasteiger partial charge in [0.2, 0.25) is 10.0 Å². The molecule has 1 saturated heterocycles. The number of hydrogen-bond donors (Lipinski definition) is 1. The van der Waals surface area contributed by atoms with E-state index in [-0.39, 0.29) is 15.5 Å². The van der Waals surface area contributed by atoms with Crippen LogP contribution in [-0.2, 0) is 22.9 Å². The molecule has 146 valence electrons. The predicted molar refractivity (Wildman–Crippen MR) is 108 cm³/mol. The first-order valence-electron chi connectivity index (χ1n) is 9.07. The lowest BCUT2D eigenvalue weighted by atomic mass is 10.1. The summed E-state index contributed by atoms with van der Waals surface area (Å²) in [7, 11) is -3.74. The van der Waals surface area contributed by atoms with E-state index in [1.165, 1.54) is 33.8 Å². The Bertz CT molecular complexity index is 1100. The van der Waals surface area contributed by atoms with Gasteiger partial charge in [-0.2, -0.15) is 9.57 Å². The van der Waals surface area contributed by atoms with Crippen molar-refractivity contribution in [3.8, 4) is 6.07 Å². The van der Waals surface area contributed by atoms with Gasteiger partial charge < -0.3 is 5.32 Å². The highest BCUT2D eigenvalue weighted by molar-refractivity contribution is 7.89. The van der Waals surface area contributed by atoms with Crippen LogP contribution in [0.15, 0.2) is 23.1 Å². The molecule has 0 bridgehead atoms. The summed E-state index contributed by atoms with van der Waals surface area (Å²) in [6.45, 7) is 0.919. The lowest BCUT2D eigenvalue weighted by Gasteiger charge is -2.17. The van der Waals surface area contributed by atoms with Crippen molar-refractivity contribution in [2.75, 3.05) is 18.4 Å². The molecule has 9 heteroatoms. The van der Waals surface area contributed by atoms with Gasteiger partial charge in [0.1, 0.15) is 16.0 Å². The summed E-state index contributed by atoms with van der Waals surface area (Å²) in [6.07, 6.45) is 4.43. The van der Waals surface area contributed by atoms with Gasteiger partial charge in [-0.3, -0.25) is 4.79 Å². The summed E-state index contributed by atoms with van der Waals surface area (Å²) in [6, 6.07) is 6.43. The first kappa shape index (κ1) is 19.4. The van der Waals surface area contributed by atoms with Crippen molar-refractivity contribution < 1.29 is 13.2 Å². The third kappa shape index (κ3) is 3.33. The molecule has 2 aliphatic rings. The number of fused-ring (bicyclic) bond motifs is 1. The van der Waals surface area contributed by atoms with E-state index < -0.39 is 15.9 Å². The largest absolute Gasteiger partial charge is 0.312 e. The summed E-state index contributed by atoms with van der Waals surface area (Å²) in [5.74, 6) is -0.453. The number of nitrogens with one attached hydrogen (secondary N) is 1. The number of anilines is 1. The fraction of sp³-hybridized carbons (Fsp3) is 0.368. The second-order valence-electron chi connectivity index (χ2n) is 6.88. The van der Waals surface area contributed by atoms with Crippen LogP contribution in [0.3, 0.4) is 0 Å². The predicted octanol–water partition coefficient (Wildman–Crippen LogP) is 3.80. The molecule has 0 spiro atoms. The second-order valence-corrected chi connectivity index (χ2v) is 10.3. The van der Waals surface area contributed by atoms with Crippen LogP contribution >= 0.6 is 22.9 Å². The number of aryl methyl sites for hydroxylation is 1. The number of rotatable bonds is 4. The highest BCUT2D eigenvalue weighted by Gasteiger charge is 2.30. The van der Waals surface area contributed by atoms with Crippen molar-refractivity contribution in [2.24, 2.45) is 0 Å². The molecular formula is C19H18ClN3O3S2. The van der Waals surface area contributed by atoms with Crippen LogP contribution in [0, 0.1) is 11.3 Å². The first-order chi connectivity index (χ1) is 13.4. The minimum atomic E-state index is -3.74. The molecule has 1 N–H and O–H groups in total. The number of hydrogen-bond acceptors (Lipinski definition) is 5. The quantitative estimate of drug-likeness (QED) is 0.790. The van der Waals surface area contributed by atoms with Gasteiger partial charge >= 0.3 is 0 Å². The number of benzene rings is 1. The number of carbonyl (C=O) groups is 1. The molecule has 0 saturated carbocycles. The Hall–Kier alpha value is -1.92. The lowest BCUT2D eigenvalue weighted by molar-refractivity contribution is 0.102. The van der Waals surface area contributed by atoms with E-state index in [4.69, 9.17) is 11.6 Å². The maximum Gasteiger partial charge on any atom is 0.256 e. The van der Waals surface area contributed by atoms with E-state index in [2.05, 4.69) is 11.4 Å². The average Bonchev–Trinajstić information content (AvgIpc) is 3.39. The van der Waals surface area contributed by atoms with Crippen molar-refractivity contribution >= 4 is 43.9 Å². The normalized spacial score (nSPS) is 16.7. The monoisotopic (exact) mass is 435 g/mol. The van der Waals surface area contributed by atoms with E-state index in [9.17, 15) is 18.5 Å². The minimum Gasteiger partial charge on any atom is -0.312 e. The van der Waals surface area contributed by atoms with E-state index in [1.807, 2.05) is 0 Å². The summed E-state index contributed by atoms with van der Waals surface area (Å²) in [4.78, 5) is 13.8. The van der Waals surface area contributed by atoms with Gasteiger partial charge in [0.25, 0.3) is 5.91 Å². The third-order valence-corrected chi connectivity index (χ3v) is 8.72. The Morgan fingerprint density at radius 2 is 1.96 bits per heavy atom. The van der Waals surface area contributed by atoms with E-state index in [1.54, 1.807) is 0 Å². The molecule has 6 nitrogen and oxygen atoms in total. The van der Waals surface area contributed by atoms with Crippen LogP contribution in [-0.4, -0.2) is 31.7 Å². The highest BCUT2D eigenvalue weighted by atomic mass is 35.5. The van der Waals surface area contributed by atoms with Crippen LogP contribution in [0.4, 0.5) is 5.00 Å². The number of sulfonamides is 1. The maximum absolute atomic E-state index is 12.9. The standard InChI is InChI=1S/C19H18ClN3O3S2/c20-15-7-6-12(10-17(15)28(25,26)23-8-1-2-9-23)18(24)22-19-14(11-21)13-4-3-5-16(13)27-19/h6-7,10H,1-5,8-9H2,(H,22,24). The third-order valence-electron chi connectivity index (χ3n) is 5.14. The summed E-state index contributed by atoms with van der Waals surface area (Å²) < 4.78 is 27.1. The molecule has 1 aromatic carbocycles. The molecule has 4 rings (SSSR count). The van der Waals surface area contributed by atoms with Gasteiger partial charge in [-0.15, -0.1) is 11.3 Å². The average molecular weight is 436 g/mol. The zero-order valence-electron chi connectivity index (χ0n) is 15.0. The van der Waals surface area contributed by atoms with Gasteiger partial charge in [-0.25, -0.2) is 8.42 Å². The Labute approximate surface area is 172 Å². The molecule has 1 fully saturated rings. The first-order valence-corrected chi connectivity index (χ1v) is 11.7. The Balaban J connectivity index is 1.64. The van der Waals surface area contributed by atoms with Gasteiger partial charge in [-0.05, 0) is 55.9 Å².